The SMILES string of the molecule is Cc1noc([C@@H]2CCO[C@@H]3CCN(C(=O)c4ccoc4)C[C@@H]32)n1. The minimum Gasteiger partial charge on any atom is -0.472 e. The highest BCUT2D eigenvalue weighted by Crippen LogP contribution is 2.39. The standard InChI is InChI=1S/C16H19N3O4/c1-10-17-15(23-18-10)12-4-7-22-14-2-5-19(8-13(12)14)16(20)11-3-6-21-9-11/h3,6,9,12-14H,2,4-5,7-8H2,1H3/t12-,13-,14-/m1/s1. The van der Waals surface area contributed by atoms with Gasteiger partial charge >= 0.3 is 0 Å². The summed E-state index contributed by atoms with van der Waals surface area (Å²) in [5.41, 5.74) is 0.588. The van der Waals surface area contributed by atoms with E-state index in [0.717, 1.165) is 12.8 Å². The number of hydrogen-bond acceptors (Lipinski definition) is 6. The number of nitrogens with zero attached hydrogens (tertiary/aromatic N) is 3. The zero-order valence-electron chi connectivity index (χ0n) is 13.0. The van der Waals surface area contributed by atoms with Crippen molar-refractivity contribution in [3.63, 3.8) is 0 Å². The maximum Gasteiger partial charge on any atom is 0.257 e. The van der Waals surface area contributed by atoms with Gasteiger partial charge in [0.1, 0.15) is 6.26 Å². The highest BCUT2D eigenvalue weighted by Gasteiger charge is 2.42. The van der Waals surface area contributed by atoms with E-state index in [1.165, 1.54) is 12.5 Å². The van der Waals surface area contributed by atoms with E-state index in [0.29, 0.717) is 37.0 Å². The van der Waals surface area contributed by atoms with Crippen LogP contribution in [0.1, 0.15) is 40.8 Å². The molecule has 0 saturated carbocycles. The molecule has 2 aliphatic rings. The second-order valence-corrected chi connectivity index (χ2v) is 6.20. The predicted octanol–water partition coefficient (Wildman–Crippen LogP) is 2.01. The summed E-state index contributed by atoms with van der Waals surface area (Å²) >= 11 is 0. The number of fused-ring (bicyclic) bond motifs is 1. The van der Waals surface area contributed by atoms with Crippen LogP contribution in [0.4, 0.5) is 0 Å². The van der Waals surface area contributed by atoms with E-state index < -0.39 is 0 Å². The van der Waals surface area contributed by atoms with Crippen molar-refractivity contribution < 1.29 is 18.5 Å². The lowest BCUT2D eigenvalue weighted by molar-refractivity contribution is -0.0756. The molecule has 0 aliphatic carbocycles. The first-order valence-electron chi connectivity index (χ1n) is 7.95. The van der Waals surface area contributed by atoms with Gasteiger partial charge in [-0.15, -0.1) is 0 Å². The molecule has 0 N–H and O–H groups in total. The number of carbonyl (C=O) groups excluding carboxylic acids is 1. The lowest BCUT2D eigenvalue weighted by Gasteiger charge is -2.43. The molecule has 0 unspecified atom stereocenters. The number of amides is 1. The van der Waals surface area contributed by atoms with Gasteiger partial charge in [0.05, 0.1) is 17.9 Å². The van der Waals surface area contributed by atoms with E-state index in [-0.39, 0.29) is 23.8 Å². The molecule has 0 spiro atoms. The van der Waals surface area contributed by atoms with Gasteiger partial charge in [0.25, 0.3) is 5.91 Å². The van der Waals surface area contributed by atoms with Gasteiger partial charge in [-0.05, 0) is 25.8 Å². The highest BCUT2D eigenvalue weighted by molar-refractivity contribution is 5.93. The Hall–Kier alpha value is -2.15. The molecule has 2 aromatic rings. The number of ether oxygens (including phenoxy) is 1. The normalized spacial score (nSPS) is 27.7. The van der Waals surface area contributed by atoms with Crippen LogP contribution in [-0.2, 0) is 4.74 Å². The molecule has 7 heteroatoms. The van der Waals surface area contributed by atoms with Crippen LogP contribution >= 0.6 is 0 Å². The van der Waals surface area contributed by atoms with Crippen LogP contribution in [0.5, 0.6) is 0 Å². The molecule has 7 nitrogen and oxygen atoms in total. The lowest BCUT2D eigenvalue weighted by Crippen LogP contribution is -2.51. The first kappa shape index (κ1) is 14.4. The van der Waals surface area contributed by atoms with Gasteiger partial charge in [0.15, 0.2) is 5.82 Å². The fraction of sp³-hybridized carbons (Fsp3) is 0.562. The Morgan fingerprint density at radius 1 is 1.39 bits per heavy atom. The van der Waals surface area contributed by atoms with Gasteiger partial charge < -0.3 is 18.6 Å². The van der Waals surface area contributed by atoms with E-state index in [1.54, 1.807) is 6.07 Å². The molecule has 0 bridgehead atoms. The molecule has 0 aromatic carbocycles. The summed E-state index contributed by atoms with van der Waals surface area (Å²) in [5.74, 6) is 1.65. The highest BCUT2D eigenvalue weighted by atomic mass is 16.5. The van der Waals surface area contributed by atoms with Crippen molar-refractivity contribution in [2.45, 2.75) is 31.8 Å². The number of likely N-dealkylation sites (tertiary alicyclic amines) is 1. The van der Waals surface area contributed by atoms with Gasteiger partial charge in [-0.25, -0.2) is 0 Å². The molecule has 4 rings (SSSR count). The molecule has 23 heavy (non-hydrogen) atoms. The molecular formula is C16H19N3O4. The van der Waals surface area contributed by atoms with Crippen LogP contribution < -0.4 is 0 Å². The van der Waals surface area contributed by atoms with Crippen molar-refractivity contribution in [3.8, 4) is 0 Å². The summed E-state index contributed by atoms with van der Waals surface area (Å²) in [5, 5.41) is 3.90. The number of rotatable bonds is 2. The summed E-state index contributed by atoms with van der Waals surface area (Å²) in [6, 6.07) is 1.70. The molecule has 2 aromatic heterocycles. The third-order valence-electron chi connectivity index (χ3n) is 4.79. The van der Waals surface area contributed by atoms with Crippen molar-refractivity contribution in [2.75, 3.05) is 19.7 Å². The molecule has 4 heterocycles. The molecule has 3 atom stereocenters. The number of aromatic nitrogens is 2. The molecule has 1 amide bonds. The van der Waals surface area contributed by atoms with E-state index in [9.17, 15) is 4.79 Å². The Labute approximate surface area is 133 Å². The third-order valence-corrected chi connectivity index (χ3v) is 4.79. The zero-order valence-corrected chi connectivity index (χ0v) is 13.0. The number of piperidine rings is 1. The Morgan fingerprint density at radius 3 is 3.04 bits per heavy atom. The summed E-state index contributed by atoms with van der Waals surface area (Å²) < 4.78 is 16.3. The van der Waals surface area contributed by atoms with Crippen LogP contribution in [0.25, 0.3) is 0 Å². The zero-order chi connectivity index (χ0) is 15.8. The third kappa shape index (κ3) is 2.65. The van der Waals surface area contributed by atoms with Crippen LogP contribution in [0, 0.1) is 12.8 Å². The molecule has 2 fully saturated rings. The Kier molecular flexibility index (Phi) is 3.65. The molecule has 0 radical (unpaired) electrons. The maximum absolute atomic E-state index is 12.6. The van der Waals surface area contributed by atoms with E-state index in [1.807, 2.05) is 11.8 Å². The van der Waals surface area contributed by atoms with E-state index >= 15 is 0 Å². The van der Waals surface area contributed by atoms with Crippen LogP contribution in [0.15, 0.2) is 27.5 Å². The van der Waals surface area contributed by atoms with Gasteiger partial charge in [0, 0.05) is 31.5 Å². The summed E-state index contributed by atoms with van der Waals surface area (Å²) in [6.45, 7) is 3.85. The maximum atomic E-state index is 12.6. The molecule has 2 saturated heterocycles. The van der Waals surface area contributed by atoms with Crippen molar-refractivity contribution in [3.05, 3.63) is 35.9 Å². The lowest BCUT2D eigenvalue weighted by atomic mass is 9.79. The first-order valence-corrected chi connectivity index (χ1v) is 7.95. The van der Waals surface area contributed by atoms with Gasteiger partial charge in [-0.2, -0.15) is 4.98 Å². The minimum absolute atomic E-state index is 0.00299. The van der Waals surface area contributed by atoms with E-state index in [2.05, 4.69) is 10.1 Å². The largest absolute Gasteiger partial charge is 0.472 e. The first-order chi connectivity index (χ1) is 11.2. The van der Waals surface area contributed by atoms with Crippen molar-refractivity contribution in [1.29, 1.82) is 0 Å². The number of hydrogen-bond donors (Lipinski definition) is 0. The van der Waals surface area contributed by atoms with Crippen LogP contribution in [0.3, 0.4) is 0 Å². The topological polar surface area (TPSA) is 81.6 Å². The van der Waals surface area contributed by atoms with Crippen LogP contribution in [0.2, 0.25) is 0 Å². The summed E-state index contributed by atoms with van der Waals surface area (Å²) in [7, 11) is 0. The van der Waals surface area contributed by atoms with Gasteiger partial charge in [0.2, 0.25) is 5.89 Å². The second kappa shape index (κ2) is 5.81. The van der Waals surface area contributed by atoms with Crippen molar-refractivity contribution in [1.82, 2.24) is 15.0 Å². The molecule has 2 aliphatic heterocycles. The summed E-state index contributed by atoms with van der Waals surface area (Å²) in [6.07, 6.45) is 4.83. The fourth-order valence-electron chi connectivity index (χ4n) is 3.64. The predicted molar refractivity (Wildman–Crippen MR) is 78.9 cm³/mol. The Balaban J connectivity index is 1.55. The quantitative estimate of drug-likeness (QED) is 0.842. The second-order valence-electron chi connectivity index (χ2n) is 6.20. The number of aryl methyl sites for hydroxylation is 1. The van der Waals surface area contributed by atoms with E-state index in [4.69, 9.17) is 13.7 Å². The van der Waals surface area contributed by atoms with Gasteiger partial charge in [-0.1, -0.05) is 5.16 Å². The van der Waals surface area contributed by atoms with Gasteiger partial charge in [-0.3, -0.25) is 4.79 Å². The minimum atomic E-state index is 0.00299. The smallest absolute Gasteiger partial charge is 0.257 e. The van der Waals surface area contributed by atoms with Crippen LogP contribution in [-0.4, -0.2) is 46.7 Å². The Bertz CT molecular complexity index is 681. The number of furan rings is 1. The molecule has 122 valence electrons. The fourth-order valence-corrected chi connectivity index (χ4v) is 3.64. The number of carbonyl (C=O) groups is 1. The monoisotopic (exact) mass is 317 g/mol. The van der Waals surface area contributed by atoms with Crippen molar-refractivity contribution in [2.24, 2.45) is 5.92 Å². The summed E-state index contributed by atoms with van der Waals surface area (Å²) in [4.78, 5) is 18.8. The Morgan fingerprint density at radius 2 is 2.30 bits per heavy atom. The average Bonchev–Trinajstić information content (AvgIpc) is 3.24. The average molecular weight is 317 g/mol. The molecular weight excluding hydrogens is 298 g/mol. The van der Waals surface area contributed by atoms with Crippen molar-refractivity contribution >= 4 is 5.91 Å².